The average Bonchev–Trinajstić information content (AvgIpc) is 2.85. The van der Waals surface area contributed by atoms with Crippen LogP contribution in [0.4, 0.5) is 4.79 Å². The summed E-state index contributed by atoms with van der Waals surface area (Å²) in [6.45, 7) is 5.34. The van der Waals surface area contributed by atoms with Gasteiger partial charge in [0, 0.05) is 20.1 Å². The summed E-state index contributed by atoms with van der Waals surface area (Å²) in [7, 11) is 1.64. The topological polar surface area (TPSA) is 79.3 Å². The third-order valence-corrected chi connectivity index (χ3v) is 3.86. The smallest absolute Gasteiger partial charge is 0.320 e. The molecule has 2 unspecified atom stereocenters. The van der Waals surface area contributed by atoms with Crippen molar-refractivity contribution in [3.05, 3.63) is 0 Å². The number of carboxylic acid groups (broad SMARTS) is 1. The number of aliphatic carboxylic acids is 1. The van der Waals surface area contributed by atoms with Crippen molar-refractivity contribution in [3.8, 4) is 0 Å². The summed E-state index contributed by atoms with van der Waals surface area (Å²) in [6, 6.07) is -0.567. The molecule has 0 spiro atoms. The van der Waals surface area contributed by atoms with Crippen LogP contribution in [0.1, 0.15) is 13.8 Å². The molecule has 2 aliphatic rings. The Kier molecular flexibility index (Phi) is 4.49. The Morgan fingerprint density at radius 1 is 1.20 bits per heavy atom. The molecule has 2 heterocycles. The van der Waals surface area contributed by atoms with Crippen molar-refractivity contribution in [3.63, 3.8) is 0 Å². The highest BCUT2D eigenvalue weighted by atomic mass is 16.5. The molecule has 1 N–H and O–H groups in total. The van der Waals surface area contributed by atoms with Gasteiger partial charge in [-0.3, -0.25) is 4.79 Å². The lowest BCUT2D eigenvalue weighted by Crippen LogP contribution is -2.55. The zero-order valence-corrected chi connectivity index (χ0v) is 12.1. The van der Waals surface area contributed by atoms with Gasteiger partial charge in [-0.2, -0.15) is 0 Å². The van der Waals surface area contributed by atoms with E-state index in [1.807, 2.05) is 13.8 Å². The summed E-state index contributed by atoms with van der Waals surface area (Å²) in [4.78, 5) is 26.9. The third kappa shape index (κ3) is 3.04. The first kappa shape index (κ1) is 15.1. The van der Waals surface area contributed by atoms with Gasteiger partial charge >= 0.3 is 12.0 Å². The molecule has 0 radical (unpaired) electrons. The van der Waals surface area contributed by atoms with Crippen LogP contribution in [0.25, 0.3) is 0 Å². The monoisotopic (exact) mass is 286 g/mol. The fourth-order valence-corrected chi connectivity index (χ4v) is 2.86. The molecule has 0 aliphatic carbocycles. The molecule has 20 heavy (non-hydrogen) atoms. The van der Waals surface area contributed by atoms with E-state index < -0.39 is 17.9 Å². The lowest BCUT2D eigenvalue weighted by molar-refractivity contribution is -0.142. The van der Waals surface area contributed by atoms with Gasteiger partial charge in [0.2, 0.25) is 0 Å². The van der Waals surface area contributed by atoms with Crippen LogP contribution < -0.4 is 0 Å². The molecule has 2 aliphatic heterocycles. The molecule has 4 atom stereocenters. The van der Waals surface area contributed by atoms with Crippen molar-refractivity contribution < 1.29 is 24.2 Å². The van der Waals surface area contributed by atoms with Gasteiger partial charge < -0.3 is 24.4 Å². The lowest BCUT2D eigenvalue weighted by atomic mass is 10.0. The van der Waals surface area contributed by atoms with Crippen molar-refractivity contribution in [1.29, 1.82) is 0 Å². The summed E-state index contributed by atoms with van der Waals surface area (Å²) < 4.78 is 10.8. The highest BCUT2D eigenvalue weighted by Crippen LogP contribution is 2.21. The number of amides is 2. The number of carbonyl (C=O) groups is 2. The molecule has 2 rings (SSSR count). The van der Waals surface area contributed by atoms with Gasteiger partial charge in [0.15, 0.2) is 0 Å². The number of ether oxygens (including phenoxy) is 2. The van der Waals surface area contributed by atoms with Crippen LogP contribution in [0.5, 0.6) is 0 Å². The van der Waals surface area contributed by atoms with Crippen molar-refractivity contribution in [2.75, 3.05) is 33.4 Å². The number of carbonyl (C=O) groups excluding carboxylic acids is 1. The van der Waals surface area contributed by atoms with Crippen LogP contribution in [0.3, 0.4) is 0 Å². The molecule has 114 valence electrons. The highest BCUT2D eigenvalue weighted by molar-refractivity contribution is 5.77. The van der Waals surface area contributed by atoms with Gasteiger partial charge in [0.25, 0.3) is 0 Å². The Bertz CT molecular complexity index is 379. The number of hydrogen-bond donors (Lipinski definition) is 1. The summed E-state index contributed by atoms with van der Waals surface area (Å²) in [5.74, 6) is -1.57. The third-order valence-electron chi connectivity index (χ3n) is 3.86. The molecule has 0 aromatic rings. The number of carboxylic acids is 1. The molecule has 0 bridgehead atoms. The Labute approximate surface area is 118 Å². The van der Waals surface area contributed by atoms with Gasteiger partial charge in [-0.05, 0) is 13.8 Å². The minimum Gasteiger partial charge on any atom is -0.481 e. The van der Waals surface area contributed by atoms with E-state index in [2.05, 4.69) is 0 Å². The minimum absolute atomic E-state index is 0.00815. The second-order valence-electron chi connectivity index (χ2n) is 5.61. The van der Waals surface area contributed by atoms with Gasteiger partial charge in [-0.15, -0.1) is 0 Å². The molecule has 2 fully saturated rings. The molecular formula is C13H22N2O5. The largest absolute Gasteiger partial charge is 0.481 e. The van der Waals surface area contributed by atoms with Crippen LogP contribution in [0, 0.1) is 5.92 Å². The second kappa shape index (κ2) is 5.97. The Morgan fingerprint density at radius 3 is 2.35 bits per heavy atom. The highest BCUT2D eigenvalue weighted by Gasteiger charge is 2.40. The lowest BCUT2D eigenvalue weighted by Gasteiger charge is -2.39. The fraction of sp³-hybridized carbons (Fsp3) is 0.846. The van der Waals surface area contributed by atoms with E-state index in [0.717, 1.165) is 0 Å². The first-order valence-corrected chi connectivity index (χ1v) is 6.88. The molecule has 2 saturated heterocycles. The quantitative estimate of drug-likeness (QED) is 0.787. The van der Waals surface area contributed by atoms with Crippen molar-refractivity contribution in [2.24, 2.45) is 5.92 Å². The van der Waals surface area contributed by atoms with E-state index >= 15 is 0 Å². The first-order chi connectivity index (χ1) is 9.40. The second-order valence-corrected chi connectivity index (χ2v) is 5.61. The standard InChI is InChI=1S/C13H22N2O5/c1-8-4-15(5-9(2)20-8)13(18)14(3)11-7-19-6-10(11)12(16)17/h8-11H,4-7H2,1-3H3,(H,16,17)/t8-,9+,10?,11?. The van der Waals surface area contributed by atoms with Crippen LogP contribution in [0.15, 0.2) is 0 Å². The molecule has 0 saturated carbocycles. The minimum atomic E-state index is -0.920. The number of morpholine rings is 1. The van der Waals surface area contributed by atoms with Gasteiger partial charge in [0.1, 0.15) is 5.92 Å². The van der Waals surface area contributed by atoms with E-state index in [0.29, 0.717) is 13.1 Å². The van der Waals surface area contributed by atoms with Gasteiger partial charge in [-0.25, -0.2) is 4.79 Å². The number of nitrogens with zero attached hydrogens (tertiary/aromatic N) is 2. The van der Waals surface area contributed by atoms with Gasteiger partial charge in [0.05, 0.1) is 31.5 Å². The maximum Gasteiger partial charge on any atom is 0.320 e. The van der Waals surface area contributed by atoms with Crippen LogP contribution in [0.2, 0.25) is 0 Å². The van der Waals surface area contributed by atoms with Crippen LogP contribution in [-0.2, 0) is 14.3 Å². The predicted octanol–water partition coefficient (Wildman–Crippen LogP) is 0.247. The van der Waals surface area contributed by atoms with E-state index in [9.17, 15) is 9.59 Å². The van der Waals surface area contributed by atoms with Crippen LogP contribution >= 0.6 is 0 Å². The molecule has 7 nitrogen and oxygen atoms in total. The Hall–Kier alpha value is -1.34. The van der Waals surface area contributed by atoms with Crippen molar-refractivity contribution in [1.82, 2.24) is 9.80 Å². The van der Waals surface area contributed by atoms with Gasteiger partial charge in [-0.1, -0.05) is 0 Å². The fourth-order valence-electron chi connectivity index (χ4n) is 2.86. The molecule has 7 heteroatoms. The molecule has 0 aromatic heterocycles. The zero-order valence-electron chi connectivity index (χ0n) is 12.1. The van der Waals surface area contributed by atoms with E-state index in [4.69, 9.17) is 14.6 Å². The summed E-state index contributed by atoms with van der Waals surface area (Å²) >= 11 is 0. The SMILES string of the molecule is C[C@@H]1CN(C(=O)N(C)C2COCC2C(=O)O)C[C@H](C)O1. The molecule has 0 aromatic carbocycles. The first-order valence-electron chi connectivity index (χ1n) is 6.88. The zero-order chi connectivity index (χ0) is 14.9. The number of hydrogen-bond acceptors (Lipinski definition) is 4. The van der Waals surface area contributed by atoms with E-state index in [1.165, 1.54) is 4.90 Å². The maximum absolute atomic E-state index is 12.5. The number of urea groups is 1. The summed E-state index contributed by atoms with van der Waals surface area (Å²) in [5, 5.41) is 9.16. The summed E-state index contributed by atoms with van der Waals surface area (Å²) in [5.41, 5.74) is 0. The predicted molar refractivity (Wildman–Crippen MR) is 70.5 cm³/mol. The number of likely N-dealkylation sites (N-methyl/N-ethyl adjacent to an activating group) is 1. The summed E-state index contributed by atoms with van der Waals surface area (Å²) in [6.07, 6.45) is -0.0163. The average molecular weight is 286 g/mol. The molecular weight excluding hydrogens is 264 g/mol. The van der Waals surface area contributed by atoms with Crippen LogP contribution in [-0.4, -0.2) is 78.5 Å². The Balaban J connectivity index is 2.02. The Morgan fingerprint density at radius 2 is 1.80 bits per heavy atom. The normalized spacial score (nSPS) is 34.0. The number of rotatable bonds is 2. The van der Waals surface area contributed by atoms with E-state index in [-0.39, 0.29) is 31.5 Å². The van der Waals surface area contributed by atoms with Crippen molar-refractivity contribution >= 4 is 12.0 Å². The van der Waals surface area contributed by atoms with E-state index in [1.54, 1.807) is 11.9 Å². The maximum atomic E-state index is 12.5. The van der Waals surface area contributed by atoms with Crippen molar-refractivity contribution in [2.45, 2.75) is 32.1 Å². The molecule has 2 amide bonds.